The Morgan fingerprint density at radius 3 is 2.67 bits per heavy atom. The van der Waals surface area contributed by atoms with Gasteiger partial charge < -0.3 is 0 Å². The first-order valence-electron chi connectivity index (χ1n) is 4.37. The van der Waals surface area contributed by atoms with E-state index < -0.39 is 0 Å². The van der Waals surface area contributed by atoms with Gasteiger partial charge >= 0.3 is 87.5 Å². The molecule has 71 valence electrons. The molecular formula is C11H8BClOY. The van der Waals surface area contributed by atoms with Gasteiger partial charge in [-0.2, -0.15) is 0 Å². The third-order valence-electron chi connectivity index (χ3n) is 2.43. The largest absolute Gasteiger partial charge is 0 e. The molecule has 0 saturated carbocycles. The molecule has 0 bridgehead atoms. The first-order valence-corrected chi connectivity index (χ1v) is 4.75. The van der Waals surface area contributed by atoms with Crippen LogP contribution in [0.2, 0.25) is 4.92 Å². The van der Waals surface area contributed by atoms with Crippen molar-refractivity contribution in [2.24, 2.45) is 0 Å². The van der Waals surface area contributed by atoms with Crippen LogP contribution in [0.4, 0.5) is 0 Å². The van der Waals surface area contributed by atoms with Crippen LogP contribution in [0.1, 0.15) is 15.9 Å². The molecule has 1 radical (unpaired) electrons. The average molecular weight is 291 g/mol. The van der Waals surface area contributed by atoms with E-state index in [2.05, 4.69) is 0 Å². The fourth-order valence-corrected chi connectivity index (χ4v) is 1.95. The Morgan fingerprint density at radius 1 is 1.33 bits per heavy atom. The van der Waals surface area contributed by atoms with Crippen molar-refractivity contribution in [1.29, 1.82) is 0 Å². The summed E-state index contributed by atoms with van der Waals surface area (Å²) < 4.78 is 0. The second-order valence-electron chi connectivity index (χ2n) is 3.24. The van der Waals surface area contributed by atoms with E-state index in [0.717, 1.165) is 22.5 Å². The van der Waals surface area contributed by atoms with Crippen LogP contribution in [-0.4, -0.2) is 13.2 Å². The monoisotopic (exact) mass is 291 g/mol. The van der Waals surface area contributed by atoms with Crippen LogP contribution in [0.5, 0.6) is 0 Å². The SMILES string of the molecule is Cc1c(C=O)c(Cl)bc2ccccc12.[Y]. The summed E-state index contributed by atoms with van der Waals surface area (Å²) in [5.74, 6) is 0. The van der Waals surface area contributed by atoms with Gasteiger partial charge in [-0.1, -0.05) is 0 Å². The maximum Gasteiger partial charge on any atom is 0 e. The first-order chi connectivity index (χ1) is 6.74. The zero-order valence-electron chi connectivity index (χ0n) is 8.33. The molecule has 1 aromatic heterocycles. The van der Waals surface area contributed by atoms with E-state index in [4.69, 9.17) is 11.6 Å². The summed E-state index contributed by atoms with van der Waals surface area (Å²) in [5.41, 5.74) is 1.54. The molecule has 0 amide bonds. The Hall–Kier alpha value is -0.0412. The van der Waals surface area contributed by atoms with Gasteiger partial charge in [-0.05, 0) is 0 Å². The molecule has 2 rings (SSSR count). The molecule has 15 heavy (non-hydrogen) atoms. The van der Waals surface area contributed by atoms with Crippen molar-refractivity contribution in [2.75, 3.05) is 0 Å². The van der Waals surface area contributed by atoms with E-state index in [0.29, 0.717) is 10.5 Å². The van der Waals surface area contributed by atoms with Crippen LogP contribution < -0.4 is 0 Å². The number of hydrogen-bond acceptors (Lipinski definition) is 1. The maximum absolute atomic E-state index is 10.8. The van der Waals surface area contributed by atoms with Gasteiger partial charge in [0.15, 0.2) is 0 Å². The Labute approximate surface area is 119 Å². The molecule has 0 atom stereocenters. The normalized spacial score (nSPS) is 9.47. The van der Waals surface area contributed by atoms with E-state index in [-0.39, 0.29) is 32.7 Å². The van der Waals surface area contributed by atoms with Crippen molar-refractivity contribution in [3.63, 3.8) is 0 Å². The maximum atomic E-state index is 10.8. The van der Waals surface area contributed by atoms with E-state index in [1.54, 1.807) is 0 Å². The summed E-state index contributed by atoms with van der Waals surface area (Å²) in [6.45, 7) is 3.74. The standard InChI is InChI=1S/C11H8BClO.Y/c1-7-8-4-2-3-5-10(8)12-11(13)9(7)6-14;/h2-6H,1H3;. The second kappa shape index (κ2) is 5.34. The van der Waals surface area contributed by atoms with Crippen LogP contribution in [0, 0.1) is 6.92 Å². The minimum absolute atomic E-state index is 0. The van der Waals surface area contributed by atoms with E-state index in [9.17, 15) is 4.79 Å². The number of rotatable bonds is 1. The van der Waals surface area contributed by atoms with Gasteiger partial charge in [-0.15, -0.1) is 0 Å². The summed E-state index contributed by atoms with van der Waals surface area (Å²) in [4.78, 5) is 11.3. The fourth-order valence-electron chi connectivity index (χ4n) is 1.65. The van der Waals surface area contributed by atoms with Gasteiger partial charge in [0.1, 0.15) is 0 Å². The van der Waals surface area contributed by atoms with Crippen molar-refractivity contribution in [1.82, 2.24) is 0 Å². The smallest absolute Gasteiger partial charge is 0 e. The zero-order chi connectivity index (χ0) is 10.1. The van der Waals surface area contributed by atoms with Gasteiger partial charge in [0, 0.05) is 32.7 Å². The minimum Gasteiger partial charge on any atom is 0 e. The number of benzene rings is 1. The molecule has 0 unspecified atom stereocenters. The molecule has 0 aliphatic carbocycles. The molecule has 1 aromatic carbocycles. The van der Waals surface area contributed by atoms with Gasteiger partial charge in [0.25, 0.3) is 0 Å². The number of aldehydes is 1. The molecule has 0 fully saturated rings. The van der Waals surface area contributed by atoms with Gasteiger partial charge in [0.05, 0.1) is 0 Å². The summed E-state index contributed by atoms with van der Waals surface area (Å²) in [6, 6.07) is 7.90. The van der Waals surface area contributed by atoms with Gasteiger partial charge in [-0.3, -0.25) is 0 Å². The van der Waals surface area contributed by atoms with Crippen molar-refractivity contribution in [3.05, 3.63) is 40.3 Å². The average Bonchev–Trinajstić information content (AvgIpc) is 2.18. The van der Waals surface area contributed by atoms with Crippen molar-refractivity contribution < 1.29 is 37.5 Å². The van der Waals surface area contributed by atoms with Crippen LogP contribution in [0.15, 0.2) is 24.3 Å². The molecule has 0 spiro atoms. The van der Waals surface area contributed by atoms with E-state index in [1.165, 1.54) is 0 Å². The van der Waals surface area contributed by atoms with Crippen LogP contribution in [0.3, 0.4) is 0 Å². The van der Waals surface area contributed by atoms with Gasteiger partial charge in [-0.25, -0.2) is 0 Å². The van der Waals surface area contributed by atoms with Crippen molar-refractivity contribution in [2.45, 2.75) is 6.92 Å². The second-order valence-corrected chi connectivity index (χ2v) is 3.64. The van der Waals surface area contributed by atoms with E-state index >= 15 is 0 Å². The molecule has 2 aromatic rings. The predicted octanol–water partition coefficient (Wildman–Crippen LogP) is 2.95. The van der Waals surface area contributed by atoms with Gasteiger partial charge in [0.2, 0.25) is 0 Å². The third-order valence-corrected chi connectivity index (χ3v) is 2.74. The minimum atomic E-state index is 0. The number of hydrogen-bond donors (Lipinski definition) is 0. The Balaban J connectivity index is 0.00000112. The summed E-state index contributed by atoms with van der Waals surface area (Å²) in [6.07, 6.45) is 0.810. The molecule has 0 saturated heterocycles. The zero-order valence-corrected chi connectivity index (χ0v) is 11.9. The Bertz CT molecular complexity index is 513. The number of carbonyl (C=O) groups is 1. The molecule has 0 N–H and O–H groups in total. The number of aryl methyl sites for hydroxylation is 1. The van der Waals surface area contributed by atoms with Crippen LogP contribution in [-0.2, 0) is 32.7 Å². The number of fused-ring (bicyclic) bond motifs is 1. The molecule has 4 heteroatoms. The summed E-state index contributed by atoms with van der Waals surface area (Å²) in [7, 11) is 0. The number of halogens is 1. The predicted molar refractivity (Wildman–Crippen MR) is 60.4 cm³/mol. The molecular weight excluding hydrogens is 283 g/mol. The first kappa shape index (κ1) is 13.0. The quantitative estimate of drug-likeness (QED) is 0.738. The van der Waals surface area contributed by atoms with Crippen molar-refractivity contribution >= 4 is 35.5 Å². The molecule has 1 heterocycles. The Kier molecular flexibility index (Phi) is 4.63. The fraction of sp³-hybridized carbons (Fsp3) is 0.0909. The van der Waals surface area contributed by atoms with E-state index in [1.807, 2.05) is 38.1 Å². The van der Waals surface area contributed by atoms with Crippen LogP contribution in [0.25, 0.3) is 10.7 Å². The van der Waals surface area contributed by atoms with Crippen molar-refractivity contribution in [3.8, 4) is 0 Å². The number of carbonyl (C=O) groups excluding carboxylic acids is 1. The summed E-state index contributed by atoms with van der Waals surface area (Å²) >= 11 is 5.98. The third kappa shape index (κ3) is 2.38. The molecule has 1 nitrogen and oxygen atoms in total. The molecule has 0 aliphatic heterocycles. The molecule has 0 aliphatic rings. The summed E-state index contributed by atoms with van der Waals surface area (Å²) in [5, 5.41) is 2.15. The van der Waals surface area contributed by atoms with Crippen LogP contribution >= 0.6 is 11.6 Å². The topological polar surface area (TPSA) is 17.1 Å². The Morgan fingerprint density at radius 2 is 2.00 bits per heavy atom.